The summed E-state index contributed by atoms with van der Waals surface area (Å²) in [4.78, 5) is 16.7. The molecule has 0 heterocycles. The Morgan fingerprint density at radius 3 is 2.35 bits per heavy atom. The van der Waals surface area contributed by atoms with Gasteiger partial charge in [-0.3, -0.25) is 9.69 Å². The van der Waals surface area contributed by atoms with E-state index < -0.39 is 0 Å². The number of benzene rings is 1. The lowest BCUT2D eigenvalue weighted by molar-refractivity contribution is 0.0949. The van der Waals surface area contributed by atoms with Gasteiger partial charge in [-0.1, -0.05) is 18.5 Å². The van der Waals surface area contributed by atoms with Crippen molar-refractivity contribution < 1.29 is 4.79 Å². The third kappa shape index (κ3) is 5.61. The fourth-order valence-electron chi connectivity index (χ4n) is 2.36. The van der Waals surface area contributed by atoms with Crippen molar-refractivity contribution in [1.82, 2.24) is 9.80 Å². The smallest absolute Gasteiger partial charge is 0.164 e. The summed E-state index contributed by atoms with van der Waals surface area (Å²) in [7, 11) is 4.15. The van der Waals surface area contributed by atoms with Crippen molar-refractivity contribution in [2.75, 3.05) is 33.7 Å². The highest BCUT2D eigenvalue weighted by atomic mass is 35.5. The molecule has 0 saturated carbocycles. The molecule has 1 atom stereocenters. The average Bonchev–Trinajstić information content (AvgIpc) is 2.39. The second kappa shape index (κ2) is 8.40. The monoisotopic (exact) mass is 296 g/mol. The molecule has 0 aliphatic heterocycles. The first-order valence-electron chi connectivity index (χ1n) is 7.11. The quantitative estimate of drug-likeness (QED) is 0.688. The topological polar surface area (TPSA) is 23.6 Å². The SMILES string of the molecule is CCN(CCC(=O)c1ccc(Cl)cc1)C(C)CN(C)C. The van der Waals surface area contributed by atoms with E-state index in [0.29, 0.717) is 17.5 Å². The molecule has 0 bridgehead atoms. The maximum Gasteiger partial charge on any atom is 0.164 e. The number of carbonyl (C=O) groups excluding carboxylic acids is 1. The lowest BCUT2D eigenvalue weighted by atomic mass is 10.1. The molecule has 0 radical (unpaired) electrons. The molecule has 0 aromatic heterocycles. The third-order valence-corrected chi connectivity index (χ3v) is 3.70. The summed E-state index contributed by atoms with van der Waals surface area (Å²) in [5.74, 6) is 0.178. The Hall–Kier alpha value is -0.900. The van der Waals surface area contributed by atoms with Gasteiger partial charge in [-0.15, -0.1) is 0 Å². The molecule has 112 valence electrons. The minimum Gasteiger partial charge on any atom is -0.308 e. The van der Waals surface area contributed by atoms with E-state index in [0.717, 1.165) is 25.2 Å². The fourth-order valence-corrected chi connectivity index (χ4v) is 2.49. The number of hydrogen-bond donors (Lipinski definition) is 0. The molecule has 0 fully saturated rings. The number of hydrogen-bond acceptors (Lipinski definition) is 3. The molecule has 0 aliphatic carbocycles. The summed E-state index contributed by atoms with van der Waals surface area (Å²) in [6.45, 7) is 7.11. The molecular weight excluding hydrogens is 272 g/mol. The van der Waals surface area contributed by atoms with Gasteiger partial charge < -0.3 is 4.90 Å². The summed E-state index contributed by atoms with van der Waals surface area (Å²) >= 11 is 5.83. The summed E-state index contributed by atoms with van der Waals surface area (Å²) in [6, 6.07) is 7.57. The Kier molecular flexibility index (Phi) is 7.20. The van der Waals surface area contributed by atoms with Gasteiger partial charge in [-0.05, 0) is 51.8 Å². The van der Waals surface area contributed by atoms with E-state index in [4.69, 9.17) is 11.6 Å². The molecule has 0 spiro atoms. The molecule has 0 aliphatic rings. The summed E-state index contributed by atoms with van der Waals surface area (Å²) in [6.07, 6.45) is 0.549. The molecular formula is C16H25ClN2O. The second-order valence-electron chi connectivity index (χ2n) is 5.42. The summed E-state index contributed by atoms with van der Waals surface area (Å²) < 4.78 is 0. The van der Waals surface area contributed by atoms with Crippen LogP contribution in [-0.2, 0) is 0 Å². The molecule has 1 aromatic rings. The number of likely N-dealkylation sites (N-methyl/N-ethyl adjacent to an activating group) is 2. The molecule has 0 N–H and O–H groups in total. The molecule has 4 heteroatoms. The van der Waals surface area contributed by atoms with Crippen LogP contribution in [0.15, 0.2) is 24.3 Å². The Morgan fingerprint density at radius 2 is 1.85 bits per heavy atom. The number of carbonyl (C=O) groups is 1. The zero-order valence-electron chi connectivity index (χ0n) is 12.9. The Balaban J connectivity index is 2.51. The predicted molar refractivity (Wildman–Crippen MR) is 85.7 cm³/mol. The van der Waals surface area contributed by atoms with Crippen LogP contribution in [0.2, 0.25) is 5.02 Å². The normalized spacial score (nSPS) is 12.9. The van der Waals surface area contributed by atoms with Gasteiger partial charge in [0.15, 0.2) is 5.78 Å². The maximum absolute atomic E-state index is 12.1. The van der Waals surface area contributed by atoms with Crippen LogP contribution < -0.4 is 0 Å². The lowest BCUT2D eigenvalue weighted by Gasteiger charge is -2.29. The van der Waals surface area contributed by atoms with E-state index in [1.54, 1.807) is 24.3 Å². The molecule has 0 saturated heterocycles. The van der Waals surface area contributed by atoms with Crippen LogP contribution in [0, 0.1) is 0 Å². The van der Waals surface area contributed by atoms with Crippen molar-refractivity contribution in [1.29, 1.82) is 0 Å². The zero-order valence-corrected chi connectivity index (χ0v) is 13.7. The number of ketones is 1. The van der Waals surface area contributed by atoms with Crippen molar-refractivity contribution in [2.45, 2.75) is 26.3 Å². The molecule has 1 rings (SSSR count). The van der Waals surface area contributed by atoms with Crippen LogP contribution in [0.25, 0.3) is 0 Å². The number of rotatable bonds is 8. The van der Waals surface area contributed by atoms with E-state index in [-0.39, 0.29) is 5.78 Å². The van der Waals surface area contributed by atoms with Gasteiger partial charge in [0, 0.05) is 36.1 Å². The van der Waals surface area contributed by atoms with Gasteiger partial charge in [-0.25, -0.2) is 0 Å². The lowest BCUT2D eigenvalue weighted by Crippen LogP contribution is -2.41. The van der Waals surface area contributed by atoms with Crippen molar-refractivity contribution >= 4 is 17.4 Å². The highest BCUT2D eigenvalue weighted by Crippen LogP contribution is 2.12. The van der Waals surface area contributed by atoms with Crippen LogP contribution in [-0.4, -0.2) is 55.4 Å². The van der Waals surface area contributed by atoms with Gasteiger partial charge in [0.1, 0.15) is 0 Å². The Labute approximate surface area is 127 Å². The van der Waals surface area contributed by atoms with Gasteiger partial charge in [0.25, 0.3) is 0 Å². The fraction of sp³-hybridized carbons (Fsp3) is 0.562. The largest absolute Gasteiger partial charge is 0.308 e. The predicted octanol–water partition coefficient (Wildman–Crippen LogP) is 3.18. The number of nitrogens with zero attached hydrogens (tertiary/aromatic N) is 2. The highest BCUT2D eigenvalue weighted by Gasteiger charge is 2.14. The average molecular weight is 297 g/mol. The van der Waals surface area contributed by atoms with Crippen molar-refractivity contribution in [2.24, 2.45) is 0 Å². The Morgan fingerprint density at radius 1 is 1.25 bits per heavy atom. The summed E-state index contributed by atoms with van der Waals surface area (Å²) in [5, 5.41) is 0.663. The Bertz CT molecular complexity index is 417. The van der Waals surface area contributed by atoms with Crippen LogP contribution in [0.5, 0.6) is 0 Å². The molecule has 1 aromatic carbocycles. The van der Waals surface area contributed by atoms with Gasteiger partial charge in [-0.2, -0.15) is 0 Å². The minimum absolute atomic E-state index is 0.178. The van der Waals surface area contributed by atoms with Crippen LogP contribution in [0.4, 0.5) is 0 Å². The van der Waals surface area contributed by atoms with Crippen LogP contribution in [0.3, 0.4) is 0 Å². The van der Waals surface area contributed by atoms with Crippen LogP contribution >= 0.6 is 11.6 Å². The van der Waals surface area contributed by atoms with E-state index in [1.807, 2.05) is 0 Å². The molecule has 1 unspecified atom stereocenters. The summed E-state index contributed by atoms with van der Waals surface area (Å²) in [5.41, 5.74) is 0.741. The highest BCUT2D eigenvalue weighted by molar-refractivity contribution is 6.30. The zero-order chi connectivity index (χ0) is 15.1. The number of halogens is 1. The van der Waals surface area contributed by atoms with Crippen molar-refractivity contribution in [3.8, 4) is 0 Å². The first-order valence-corrected chi connectivity index (χ1v) is 7.49. The second-order valence-corrected chi connectivity index (χ2v) is 5.86. The van der Waals surface area contributed by atoms with Gasteiger partial charge >= 0.3 is 0 Å². The van der Waals surface area contributed by atoms with E-state index in [1.165, 1.54) is 0 Å². The van der Waals surface area contributed by atoms with E-state index >= 15 is 0 Å². The van der Waals surface area contributed by atoms with Gasteiger partial charge in [0.05, 0.1) is 0 Å². The van der Waals surface area contributed by atoms with Crippen molar-refractivity contribution in [3.05, 3.63) is 34.9 Å². The third-order valence-electron chi connectivity index (χ3n) is 3.45. The van der Waals surface area contributed by atoms with Crippen molar-refractivity contribution in [3.63, 3.8) is 0 Å². The van der Waals surface area contributed by atoms with E-state index in [2.05, 4.69) is 37.7 Å². The molecule has 0 amide bonds. The first kappa shape index (κ1) is 17.2. The molecule has 3 nitrogen and oxygen atoms in total. The van der Waals surface area contributed by atoms with Gasteiger partial charge in [0.2, 0.25) is 0 Å². The molecule has 20 heavy (non-hydrogen) atoms. The minimum atomic E-state index is 0.178. The van der Waals surface area contributed by atoms with E-state index in [9.17, 15) is 4.79 Å². The first-order chi connectivity index (χ1) is 9.43. The standard InChI is InChI=1S/C16H25ClN2O/c1-5-19(13(2)12-18(3)4)11-10-16(20)14-6-8-15(17)9-7-14/h6-9,13H,5,10-12H2,1-4H3. The maximum atomic E-state index is 12.1. The van der Waals surface area contributed by atoms with Crippen LogP contribution in [0.1, 0.15) is 30.6 Å². The number of Topliss-reactive ketones (excluding diaryl/α,β-unsaturated/α-hetero) is 1.